The maximum atomic E-state index is 11.1. The van der Waals surface area contributed by atoms with E-state index < -0.39 is 5.97 Å². The van der Waals surface area contributed by atoms with Crippen molar-refractivity contribution in [2.24, 2.45) is 11.8 Å². The molecule has 0 aliphatic carbocycles. The van der Waals surface area contributed by atoms with Crippen molar-refractivity contribution in [1.29, 1.82) is 0 Å². The normalized spacial score (nSPS) is 12.0. The Morgan fingerprint density at radius 2 is 1.32 bits per heavy atom. The van der Waals surface area contributed by atoms with Crippen molar-refractivity contribution in [2.45, 2.75) is 66.3 Å². The Balaban J connectivity index is 1.52. The third-order valence-corrected chi connectivity index (χ3v) is 8.68. The van der Waals surface area contributed by atoms with Crippen molar-refractivity contribution in [3.05, 3.63) is 126 Å². The van der Waals surface area contributed by atoms with E-state index in [-0.39, 0.29) is 6.42 Å². The standard InChI is InChI=1S/C40H46N2O2/c1-29(2)24-31-15-19-35(20-16-31)42(5,36-21-17-32(18-22-36)25-30(3)4)37-11-8-10-33(27-37)26-34-28-41(23-9-14-40(43)44)39-13-7-6-12-38(34)39/h6-8,10-13,15-22,27-30H,9,14,23-26H2,1-5H3/p+1. The average molecular weight is 588 g/mol. The fourth-order valence-corrected chi connectivity index (χ4v) is 6.46. The number of benzene rings is 4. The SMILES string of the molecule is CC(C)Cc1ccc([N+](C)(c2ccc(CC(C)C)cc2)c2cccc(Cc3cn(CCCC(=O)O)c4ccccc34)c2)cc1. The molecule has 1 aromatic heterocycles. The number of para-hydroxylation sites is 1. The fraction of sp³-hybridized carbons (Fsp3) is 0.325. The molecule has 228 valence electrons. The first kappa shape index (κ1) is 31.3. The smallest absolute Gasteiger partial charge is 0.303 e. The molecule has 0 amide bonds. The third-order valence-electron chi connectivity index (χ3n) is 8.68. The van der Waals surface area contributed by atoms with E-state index in [1.165, 1.54) is 44.7 Å². The molecule has 0 aliphatic heterocycles. The van der Waals surface area contributed by atoms with Gasteiger partial charge in [0.2, 0.25) is 0 Å². The minimum Gasteiger partial charge on any atom is -0.481 e. The van der Waals surface area contributed by atoms with Gasteiger partial charge >= 0.3 is 5.97 Å². The minimum atomic E-state index is -0.746. The molecule has 0 saturated heterocycles. The van der Waals surface area contributed by atoms with Gasteiger partial charge in [0.25, 0.3) is 0 Å². The highest BCUT2D eigenvalue weighted by atomic mass is 16.4. The van der Waals surface area contributed by atoms with Crippen LogP contribution < -0.4 is 4.48 Å². The quantitative estimate of drug-likeness (QED) is 0.139. The topological polar surface area (TPSA) is 42.2 Å². The van der Waals surface area contributed by atoms with Gasteiger partial charge in [-0.3, -0.25) is 4.79 Å². The molecule has 0 bridgehead atoms. The first-order chi connectivity index (χ1) is 21.1. The number of rotatable bonds is 13. The summed E-state index contributed by atoms with van der Waals surface area (Å²) in [7, 11) is 2.31. The van der Waals surface area contributed by atoms with E-state index in [1.54, 1.807) is 0 Å². The maximum absolute atomic E-state index is 11.1. The minimum absolute atomic E-state index is 0.178. The fourth-order valence-electron chi connectivity index (χ4n) is 6.46. The summed E-state index contributed by atoms with van der Waals surface area (Å²) in [6.45, 7) is 9.77. The van der Waals surface area contributed by atoms with Crippen LogP contribution in [-0.4, -0.2) is 22.7 Å². The van der Waals surface area contributed by atoms with Crippen LogP contribution in [0.25, 0.3) is 10.9 Å². The number of aromatic nitrogens is 1. The van der Waals surface area contributed by atoms with Gasteiger partial charge in [0.15, 0.2) is 0 Å². The zero-order chi connectivity index (χ0) is 31.3. The van der Waals surface area contributed by atoms with Crippen molar-refractivity contribution in [3.63, 3.8) is 0 Å². The van der Waals surface area contributed by atoms with Crippen LogP contribution >= 0.6 is 0 Å². The molecular weight excluding hydrogens is 540 g/mol. The molecule has 5 aromatic rings. The zero-order valence-electron chi connectivity index (χ0n) is 27.0. The molecule has 0 saturated carbocycles. The lowest BCUT2D eigenvalue weighted by molar-refractivity contribution is -0.137. The summed E-state index contributed by atoms with van der Waals surface area (Å²) in [6.07, 6.45) is 5.97. The van der Waals surface area contributed by atoms with Crippen molar-refractivity contribution < 1.29 is 9.90 Å². The highest BCUT2D eigenvalue weighted by molar-refractivity contribution is 5.84. The summed E-state index contributed by atoms with van der Waals surface area (Å²) >= 11 is 0. The second kappa shape index (κ2) is 13.7. The molecule has 4 nitrogen and oxygen atoms in total. The molecule has 4 aromatic carbocycles. The van der Waals surface area contributed by atoms with Gasteiger partial charge in [-0.25, -0.2) is 4.48 Å². The highest BCUT2D eigenvalue weighted by Gasteiger charge is 2.32. The monoisotopic (exact) mass is 587 g/mol. The number of carbonyl (C=O) groups is 1. The van der Waals surface area contributed by atoms with Gasteiger partial charge < -0.3 is 9.67 Å². The van der Waals surface area contributed by atoms with Gasteiger partial charge in [-0.2, -0.15) is 0 Å². The van der Waals surface area contributed by atoms with Crippen LogP contribution in [0.15, 0.2) is 103 Å². The summed E-state index contributed by atoms with van der Waals surface area (Å²) in [5, 5.41) is 10.4. The first-order valence-electron chi connectivity index (χ1n) is 16.1. The van der Waals surface area contributed by atoms with Crippen molar-refractivity contribution >= 4 is 33.9 Å². The van der Waals surface area contributed by atoms with Crippen LogP contribution in [0.5, 0.6) is 0 Å². The largest absolute Gasteiger partial charge is 0.481 e. The van der Waals surface area contributed by atoms with Crippen molar-refractivity contribution in [1.82, 2.24) is 9.05 Å². The van der Waals surface area contributed by atoms with E-state index in [0.29, 0.717) is 29.3 Å². The van der Waals surface area contributed by atoms with Gasteiger partial charge in [0.05, 0.1) is 7.05 Å². The number of quaternary nitrogens is 1. The summed E-state index contributed by atoms with van der Waals surface area (Å²) in [5.41, 5.74) is 10.1. The number of hydrogen-bond acceptors (Lipinski definition) is 1. The molecule has 0 atom stereocenters. The summed E-state index contributed by atoms with van der Waals surface area (Å²) in [5.74, 6) is 0.494. The number of carboxylic acid groups (broad SMARTS) is 1. The van der Waals surface area contributed by atoms with Crippen molar-refractivity contribution in [2.75, 3.05) is 7.05 Å². The Hall–Kier alpha value is -4.15. The van der Waals surface area contributed by atoms with E-state index in [0.717, 1.165) is 24.8 Å². The molecule has 0 fully saturated rings. The summed E-state index contributed by atoms with van der Waals surface area (Å²) in [4.78, 5) is 11.1. The molecule has 0 spiro atoms. The Morgan fingerprint density at radius 1 is 0.727 bits per heavy atom. The van der Waals surface area contributed by atoms with E-state index in [2.05, 4.69) is 143 Å². The lowest BCUT2D eigenvalue weighted by Gasteiger charge is -2.34. The molecule has 1 N–H and O–H groups in total. The Kier molecular flexibility index (Phi) is 9.71. The Bertz CT molecular complexity index is 1640. The molecule has 1 heterocycles. The first-order valence-corrected chi connectivity index (χ1v) is 16.1. The second-order valence-corrected chi connectivity index (χ2v) is 13.2. The second-order valence-electron chi connectivity index (χ2n) is 13.2. The maximum Gasteiger partial charge on any atom is 0.303 e. The molecule has 0 aliphatic rings. The number of carboxylic acids is 1. The number of nitrogens with zero attached hydrogens (tertiary/aromatic N) is 2. The van der Waals surface area contributed by atoms with E-state index in [4.69, 9.17) is 5.11 Å². The van der Waals surface area contributed by atoms with E-state index in [1.807, 2.05) is 0 Å². The molecular formula is C40H47N2O2+. The lowest BCUT2D eigenvalue weighted by Crippen LogP contribution is -2.33. The average Bonchev–Trinajstić information content (AvgIpc) is 3.34. The molecule has 0 radical (unpaired) electrons. The number of hydrogen-bond donors (Lipinski definition) is 1. The van der Waals surface area contributed by atoms with Crippen LogP contribution in [0.3, 0.4) is 0 Å². The van der Waals surface area contributed by atoms with Crippen LogP contribution in [0, 0.1) is 11.8 Å². The van der Waals surface area contributed by atoms with Crippen LogP contribution in [-0.2, 0) is 30.6 Å². The van der Waals surface area contributed by atoms with Gasteiger partial charge in [-0.15, -0.1) is 0 Å². The Morgan fingerprint density at radius 3 is 1.89 bits per heavy atom. The van der Waals surface area contributed by atoms with Gasteiger partial charge in [-0.1, -0.05) is 82.3 Å². The predicted octanol–water partition coefficient (Wildman–Crippen LogP) is 10.1. The summed E-state index contributed by atoms with van der Waals surface area (Å²) < 4.78 is 2.80. The van der Waals surface area contributed by atoms with Crippen LogP contribution in [0.1, 0.15) is 62.8 Å². The molecule has 5 rings (SSSR count). The number of aryl methyl sites for hydroxylation is 1. The van der Waals surface area contributed by atoms with Gasteiger partial charge in [0, 0.05) is 60.4 Å². The van der Waals surface area contributed by atoms with Gasteiger partial charge in [-0.05, 0) is 71.9 Å². The van der Waals surface area contributed by atoms with E-state index >= 15 is 0 Å². The molecule has 0 unspecified atom stereocenters. The van der Waals surface area contributed by atoms with Crippen LogP contribution in [0.2, 0.25) is 0 Å². The number of fused-ring (bicyclic) bond motifs is 1. The third kappa shape index (κ3) is 7.14. The van der Waals surface area contributed by atoms with E-state index in [9.17, 15) is 4.79 Å². The van der Waals surface area contributed by atoms with Gasteiger partial charge in [0.1, 0.15) is 17.1 Å². The number of aliphatic carboxylic acids is 1. The Labute approximate surface area is 263 Å². The lowest BCUT2D eigenvalue weighted by atomic mass is 9.99. The zero-order valence-corrected chi connectivity index (χ0v) is 27.0. The summed E-state index contributed by atoms with van der Waals surface area (Å²) in [6, 6.07) is 35.9. The molecule has 44 heavy (non-hydrogen) atoms. The van der Waals surface area contributed by atoms with Crippen molar-refractivity contribution in [3.8, 4) is 0 Å². The molecule has 4 heteroatoms. The predicted molar refractivity (Wildman–Crippen MR) is 185 cm³/mol. The van der Waals surface area contributed by atoms with Crippen LogP contribution in [0.4, 0.5) is 17.1 Å². The highest BCUT2D eigenvalue weighted by Crippen LogP contribution is 2.42.